The molecular weight excluding hydrogens is 272 g/mol. The number of nitrogens with one attached hydrogen (secondary N) is 1. The van der Waals surface area contributed by atoms with E-state index in [1.807, 2.05) is 0 Å². The lowest BCUT2D eigenvalue weighted by Gasteiger charge is -2.21. The Hall–Kier alpha value is -2.08. The van der Waals surface area contributed by atoms with E-state index in [0.717, 1.165) is 6.42 Å². The number of aliphatic hydroxyl groups excluding tert-OH is 1. The second-order valence-electron chi connectivity index (χ2n) is 5.24. The van der Waals surface area contributed by atoms with Gasteiger partial charge in [-0.2, -0.15) is 0 Å². The van der Waals surface area contributed by atoms with Crippen LogP contribution in [0.3, 0.4) is 0 Å². The second kappa shape index (κ2) is 7.08. The van der Waals surface area contributed by atoms with Gasteiger partial charge < -0.3 is 20.4 Å². The number of nitrogens with zero attached hydrogens (tertiary/aromatic N) is 1. The van der Waals surface area contributed by atoms with Crippen LogP contribution in [0.1, 0.15) is 24.4 Å². The molecule has 0 aliphatic carbocycles. The van der Waals surface area contributed by atoms with Gasteiger partial charge in [0.15, 0.2) is 6.04 Å². The molecule has 1 aliphatic heterocycles. The Bertz CT molecular complexity index is 492. The average molecular weight is 292 g/mol. The molecule has 1 fully saturated rings. The molecule has 0 bridgehead atoms. The Kier molecular flexibility index (Phi) is 5.16. The summed E-state index contributed by atoms with van der Waals surface area (Å²) in [6.45, 7) is 1.27. The molecule has 0 radical (unpaired) electrons. The van der Waals surface area contributed by atoms with Gasteiger partial charge in [-0.3, -0.25) is 0 Å². The zero-order chi connectivity index (χ0) is 15.2. The summed E-state index contributed by atoms with van der Waals surface area (Å²) in [4.78, 5) is 25.1. The van der Waals surface area contributed by atoms with Gasteiger partial charge in [0.2, 0.25) is 0 Å². The van der Waals surface area contributed by atoms with Crippen LogP contribution in [0.5, 0.6) is 0 Å². The first kappa shape index (κ1) is 15.3. The summed E-state index contributed by atoms with van der Waals surface area (Å²) in [5.74, 6) is -0.790. The van der Waals surface area contributed by atoms with Crippen molar-refractivity contribution in [3.05, 3.63) is 35.9 Å². The maximum atomic E-state index is 12.2. The van der Waals surface area contributed by atoms with Crippen LogP contribution in [0.4, 0.5) is 4.79 Å². The van der Waals surface area contributed by atoms with Gasteiger partial charge in [0.25, 0.3) is 0 Å². The Balaban J connectivity index is 1.98. The van der Waals surface area contributed by atoms with Crippen molar-refractivity contribution in [2.75, 3.05) is 19.7 Å². The summed E-state index contributed by atoms with van der Waals surface area (Å²) < 4.78 is 0. The third-order valence-electron chi connectivity index (χ3n) is 3.76. The summed E-state index contributed by atoms with van der Waals surface area (Å²) >= 11 is 0. The molecule has 2 rings (SSSR count). The molecule has 1 aromatic rings. The van der Waals surface area contributed by atoms with E-state index in [9.17, 15) is 14.7 Å². The number of aliphatic hydroxyl groups is 1. The van der Waals surface area contributed by atoms with E-state index in [1.165, 1.54) is 0 Å². The maximum Gasteiger partial charge on any atom is 0.330 e. The van der Waals surface area contributed by atoms with Crippen LogP contribution in [-0.2, 0) is 4.79 Å². The van der Waals surface area contributed by atoms with Crippen molar-refractivity contribution in [3.8, 4) is 0 Å². The number of amides is 2. The molecule has 21 heavy (non-hydrogen) atoms. The molecule has 2 amide bonds. The molecular formula is C15H20N2O4. The first-order valence-electron chi connectivity index (χ1n) is 7.06. The average Bonchev–Trinajstić information content (AvgIpc) is 2.94. The lowest BCUT2D eigenvalue weighted by Crippen LogP contribution is -2.42. The fourth-order valence-corrected chi connectivity index (χ4v) is 2.58. The molecule has 1 saturated heterocycles. The monoisotopic (exact) mass is 292 g/mol. The lowest BCUT2D eigenvalue weighted by atomic mass is 10.1. The van der Waals surface area contributed by atoms with Crippen molar-refractivity contribution in [1.82, 2.24) is 10.2 Å². The molecule has 3 N–H and O–H groups in total. The van der Waals surface area contributed by atoms with Crippen molar-refractivity contribution >= 4 is 12.0 Å². The SMILES string of the molecule is O=C(O)C(NC(=O)N1CCC(CCO)C1)c1ccccc1. The van der Waals surface area contributed by atoms with E-state index in [1.54, 1.807) is 35.2 Å². The van der Waals surface area contributed by atoms with E-state index in [-0.39, 0.29) is 12.6 Å². The third kappa shape index (κ3) is 3.95. The molecule has 2 atom stereocenters. The van der Waals surface area contributed by atoms with Gasteiger partial charge >= 0.3 is 12.0 Å². The first-order valence-corrected chi connectivity index (χ1v) is 7.06. The minimum atomic E-state index is -1.08. The van der Waals surface area contributed by atoms with E-state index in [2.05, 4.69) is 5.32 Å². The normalized spacial score (nSPS) is 19.3. The highest BCUT2D eigenvalue weighted by Crippen LogP contribution is 2.20. The Labute approximate surface area is 123 Å². The Morgan fingerprint density at radius 3 is 2.67 bits per heavy atom. The van der Waals surface area contributed by atoms with E-state index < -0.39 is 12.0 Å². The van der Waals surface area contributed by atoms with Crippen LogP contribution in [0.25, 0.3) is 0 Å². The van der Waals surface area contributed by atoms with Gasteiger partial charge in [0.05, 0.1) is 0 Å². The number of carbonyl (C=O) groups is 2. The molecule has 6 nitrogen and oxygen atoms in total. The zero-order valence-electron chi connectivity index (χ0n) is 11.7. The standard InChI is InChI=1S/C15H20N2O4/c18-9-7-11-6-8-17(10-11)15(21)16-13(14(19)20)12-4-2-1-3-5-12/h1-5,11,13,18H,6-10H2,(H,16,21)(H,19,20). The Morgan fingerprint density at radius 1 is 1.33 bits per heavy atom. The van der Waals surface area contributed by atoms with Crippen LogP contribution in [0, 0.1) is 5.92 Å². The number of hydrogen-bond donors (Lipinski definition) is 3. The summed E-state index contributed by atoms with van der Waals surface area (Å²) in [5.41, 5.74) is 0.546. The summed E-state index contributed by atoms with van der Waals surface area (Å²) in [5, 5.41) is 20.8. The molecule has 1 aliphatic rings. The van der Waals surface area contributed by atoms with Crippen LogP contribution < -0.4 is 5.32 Å². The number of urea groups is 1. The van der Waals surface area contributed by atoms with Crippen LogP contribution in [0.2, 0.25) is 0 Å². The number of likely N-dealkylation sites (tertiary alicyclic amines) is 1. The Morgan fingerprint density at radius 2 is 2.05 bits per heavy atom. The highest BCUT2D eigenvalue weighted by atomic mass is 16.4. The third-order valence-corrected chi connectivity index (χ3v) is 3.76. The highest BCUT2D eigenvalue weighted by Gasteiger charge is 2.29. The lowest BCUT2D eigenvalue weighted by molar-refractivity contribution is -0.139. The van der Waals surface area contributed by atoms with E-state index in [0.29, 0.717) is 31.0 Å². The van der Waals surface area contributed by atoms with Crippen molar-refractivity contribution < 1.29 is 19.8 Å². The largest absolute Gasteiger partial charge is 0.479 e. The molecule has 0 aromatic heterocycles. The fourth-order valence-electron chi connectivity index (χ4n) is 2.58. The topological polar surface area (TPSA) is 89.9 Å². The first-order chi connectivity index (χ1) is 10.1. The van der Waals surface area contributed by atoms with Gasteiger partial charge in [-0.05, 0) is 24.3 Å². The van der Waals surface area contributed by atoms with E-state index >= 15 is 0 Å². The minimum Gasteiger partial charge on any atom is -0.479 e. The van der Waals surface area contributed by atoms with Crippen molar-refractivity contribution in [2.45, 2.75) is 18.9 Å². The molecule has 0 spiro atoms. The predicted octanol–water partition coefficient (Wildman–Crippen LogP) is 1.23. The number of carboxylic acids is 1. The quantitative estimate of drug-likeness (QED) is 0.761. The van der Waals surface area contributed by atoms with Gasteiger partial charge in [0.1, 0.15) is 0 Å². The molecule has 2 unspecified atom stereocenters. The van der Waals surface area contributed by atoms with Crippen LogP contribution in [-0.4, -0.2) is 46.8 Å². The van der Waals surface area contributed by atoms with Crippen molar-refractivity contribution in [1.29, 1.82) is 0 Å². The molecule has 1 heterocycles. The maximum absolute atomic E-state index is 12.2. The number of benzene rings is 1. The summed E-state index contributed by atoms with van der Waals surface area (Å²) in [6.07, 6.45) is 1.52. The number of aliphatic carboxylic acids is 1. The smallest absolute Gasteiger partial charge is 0.330 e. The number of carboxylic acid groups (broad SMARTS) is 1. The fraction of sp³-hybridized carbons (Fsp3) is 0.467. The zero-order valence-corrected chi connectivity index (χ0v) is 11.7. The molecule has 0 saturated carbocycles. The summed E-state index contributed by atoms with van der Waals surface area (Å²) in [6, 6.07) is 7.22. The predicted molar refractivity (Wildman–Crippen MR) is 76.7 cm³/mol. The number of carbonyl (C=O) groups excluding carboxylic acids is 1. The van der Waals surface area contributed by atoms with Crippen molar-refractivity contribution in [2.24, 2.45) is 5.92 Å². The second-order valence-corrected chi connectivity index (χ2v) is 5.24. The van der Waals surface area contributed by atoms with Crippen molar-refractivity contribution in [3.63, 3.8) is 0 Å². The molecule has 114 valence electrons. The van der Waals surface area contributed by atoms with Gasteiger partial charge in [-0.15, -0.1) is 0 Å². The van der Waals surface area contributed by atoms with Gasteiger partial charge in [-0.25, -0.2) is 9.59 Å². The van der Waals surface area contributed by atoms with E-state index in [4.69, 9.17) is 5.11 Å². The number of hydrogen-bond acceptors (Lipinski definition) is 3. The van der Waals surface area contributed by atoms with Crippen LogP contribution >= 0.6 is 0 Å². The molecule has 6 heteroatoms. The minimum absolute atomic E-state index is 0.113. The number of rotatable bonds is 5. The van der Waals surface area contributed by atoms with Gasteiger partial charge in [-0.1, -0.05) is 30.3 Å². The van der Waals surface area contributed by atoms with Crippen LogP contribution in [0.15, 0.2) is 30.3 Å². The highest BCUT2D eigenvalue weighted by molar-refractivity contribution is 5.83. The van der Waals surface area contributed by atoms with Gasteiger partial charge in [0, 0.05) is 19.7 Å². The molecule has 1 aromatic carbocycles. The summed E-state index contributed by atoms with van der Waals surface area (Å²) in [7, 11) is 0.